The Morgan fingerprint density at radius 2 is 2.25 bits per heavy atom. The minimum absolute atomic E-state index is 0.332. The highest BCUT2D eigenvalue weighted by Gasteiger charge is 2.16. The van der Waals surface area contributed by atoms with Gasteiger partial charge in [0.15, 0.2) is 4.96 Å². The molecular weight excluding hydrogens is 290 g/mol. The fourth-order valence-electron chi connectivity index (χ4n) is 2.47. The number of likely N-dealkylation sites (N-methyl/N-ethyl adjacent to an activating group) is 1. The Hall–Kier alpha value is -1.36. The van der Waals surface area contributed by atoms with Gasteiger partial charge < -0.3 is 5.32 Å². The summed E-state index contributed by atoms with van der Waals surface area (Å²) in [5.41, 5.74) is 2.29. The van der Waals surface area contributed by atoms with Crippen LogP contribution in [-0.2, 0) is 6.42 Å². The van der Waals surface area contributed by atoms with E-state index >= 15 is 0 Å². The molecular formula is C15H16ClN3S. The Balaban J connectivity index is 1.87. The van der Waals surface area contributed by atoms with Crippen LogP contribution in [0.1, 0.15) is 17.2 Å². The van der Waals surface area contributed by atoms with Crippen LogP contribution in [0.5, 0.6) is 0 Å². The standard InChI is InChI=1S/C15H16ClN3S/c1-17-9-11(13-4-2-3-5-14(13)16)8-12-10-19-6-7-20-15(19)18-12/h2-7,10-11,17H,8-9H2,1H3. The van der Waals surface area contributed by atoms with Gasteiger partial charge in [0.2, 0.25) is 0 Å². The molecule has 1 atom stereocenters. The van der Waals surface area contributed by atoms with E-state index in [1.807, 2.05) is 36.8 Å². The molecule has 0 saturated heterocycles. The Morgan fingerprint density at radius 3 is 3.00 bits per heavy atom. The maximum absolute atomic E-state index is 6.33. The van der Waals surface area contributed by atoms with Gasteiger partial charge in [-0.05, 0) is 25.1 Å². The van der Waals surface area contributed by atoms with E-state index in [-0.39, 0.29) is 0 Å². The molecule has 0 aliphatic heterocycles. The van der Waals surface area contributed by atoms with Crippen molar-refractivity contribution in [2.45, 2.75) is 12.3 Å². The molecule has 3 nitrogen and oxygen atoms in total. The number of halogens is 1. The van der Waals surface area contributed by atoms with Gasteiger partial charge in [0, 0.05) is 35.3 Å². The molecule has 104 valence electrons. The van der Waals surface area contributed by atoms with Crippen molar-refractivity contribution in [2.24, 2.45) is 0 Å². The first-order valence-electron chi connectivity index (χ1n) is 6.58. The largest absolute Gasteiger partial charge is 0.319 e. The van der Waals surface area contributed by atoms with Crippen LogP contribution in [0.2, 0.25) is 5.02 Å². The third-order valence-corrected chi connectivity index (χ3v) is 4.51. The number of aromatic nitrogens is 2. The lowest BCUT2D eigenvalue weighted by Gasteiger charge is -2.17. The lowest BCUT2D eigenvalue weighted by Crippen LogP contribution is -2.19. The van der Waals surface area contributed by atoms with Crippen molar-refractivity contribution in [1.29, 1.82) is 0 Å². The monoisotopic (exact) mass is 305 g/mol. The molecule has 0 aliphatic carbocycles. The minimum Gasteiger partial charge on any atom is -0.319 e. The van der Waals surface area contributed by atoms with Crippen LogP contribution in [0.3, 0.4) is 0 Å². The topological polar surface area (TPSA) is 29.3 Å². The maximum atomic E-state index is 6.33. The second-order valence-electron chi connectivity index (χ2n) is 4.81. The van der Waals surface area contributed by atoms with Crippen LogP contribution in [0, 0.1) is 0 Å². The summed E-state index contributed by atoms with van der Waals surface area (Å²) in [6.45, 7) is 0.884. The first-order valence-corrected chi connectivity index (χ1v) is 7.84. The molecule has 1 aromatic carbocycles. The molecule has 0 aliphatic rings. The average molecular weight is 306 g/mol. The lowest BCUT2D eigenvalue weighted by molar-refractivity contribution is 0.620. The summed E-state index contributed by atoms with van der Waals surface area (Å²) in [6, 6.07) is 8.05. The van der Waals surface area contributed by atoms with Gasteiger partial charge in [-0.3, -0.25) is 4.40 Å². The number of benzene rings is 1. The van der Waals surface area contributed by atoms with Crippen LogP contribution in [-0.4, -0.2) is 23.0 Å². The number of hydrogen-bond donors (Lipinski definition) is 1. The molecule has 2 heterocycles. The van der Waals surface area contributed by atoms with Gasteiger partial charge in [0.25, 0.3) is 0 Å². The summed E-state index contributed by atoms with van der Waals surface area (Å²) < 4.78 is 2.07. The smallest absolute Gasteiger partial charge is 0.193 e. The molecule has 0 amide bonds. The molecule has 1 N–H and O–H groups in total. The summed E-state index contributed by atoms with van der Waals surface area (Å²) >= 11 is 7.98. The van der Waals surface area contributed by atoms with Crippen molar-refractivity contribution in [3.05, 3.63) is 58.3 Å². The van der Waals surface area contributed by atoms with Gasteiger partial charge in [0.05, 0.1) is 5.69 Å². The lowest BCUT2D eigenvalue weighted by atomic mass is 9.94. The first kappa shape index (κ1) is 13.6. The highest BCUT2D eigenvalue weighted by atomic mass is 35.5. The molecule has 2 aromatic heterocycles. The van der Waals surface area contributed by atoms with E-state index < -0.39 is 0 Å². The third kappa shape index (κ3) is 2.73. The van der Waals surface area contributed by atoms with Gasteiger partial charge in [-0.2, -0.15) is 0 Å². The predicted molar refractivity (Wildman–Crippen MR) is 84.9 cm³/mol. The molecule has 3 aromatic rings. The molecule has 0 saturated carbocycles. The maximum Gasteiger partial charge on any atom is 0.193 e. The zero-order chi connectivity index (χ0) is 13.9. The Morgan fingerprint density at radius 1 is 1.40 bits per heavy atom. The molecule has 0 bridgehead atoms. The second kappa shape index (κ2) is 5.95. The van der Waals surface area contributed by atoms with Gasteiger partial charge >= 0.3 is 0 Å². The van der Waals surface area contributed by atoms with Crippen molar-refractivity contribution >= 4 is 27.9 Å². The number of hydrogen-bond acceptors (Lipinski definition) is 3. The summed E-state index contributed by atoms with van der Waals surface area (Å²) in [7, 11) is 1.97. The molecule has 0 fully saturated rings. The zero-order valence-corrected chi connectivity index (χ0v) is 12.8. The van der Waals surface area contributed by atoms with Gasteiger partial charge in [-0.25, -0.2) is 4.98 Å². The van der Waals surface area contributed by atoms with Gasteiger partial charge in [-0.1, -0.05) is 29.8 Å². The summed E-state index contributed by atoms with van der Waals surface area (Å²) in [4.78, 5) is 5.70. The molecule has 20 heavy (non-hydrogen) atoms. The highest BCUT2D eigenvalue weighted by Crippen LogP contribution is 2.27. The van der Waals surface area contributed by atoms with Crippen molar-refractivity contribution in [3.63, 3.8) is 0 Å². The van der Waals surface area contributed by atoms with E-state index in [4.69, 9.17) is 11.6 Å². The minimum atomic E-state index is 0.332. The summed E-state index contributed by atoms with van der Waals surface area (Å²) in [6.07, 6.45) is 5.03. The molecule has 3 rings (SSSR count). The summed E-state index contributed by atoms with van der Waals surface area (Å²) in [5, 5.41) is 6.13. The van der Waals surface area contributed by atoms with Crippen LogP contribution >= 0.6 is 22.9 Å². The number of nitrogens with one attached hydrogen (secondary N) is 1. The average Bonchev–Trinajstić information content (AvgIpc) is 3.00. The Kier molecular flexibility index (Phi) is 4.05. The van der Waals surface area contributed by atoms with Crippen LogP contribution in [0.25, 0.3) is 4.96 Å². The number of imidazole rings is 1. The fraction of sp³-hybridized carbons (Fsp3) is 0.267. The second-order valence-corrected chi connectivity index (χ2v) is 6.09. The van der Waals surface area contributed by atoms with Crippen LogP contribution in [0.15, 0.2) is 42.0 Å². The number of fused-ring (bicyclic) bond motifs is 1. The SMILES string of the molecule is CNCC(Cc1cn2ccsc2n1)c1ccccc1Cl. The van der Waals surface area contributed by atoms with Crippen molar-refractivity contribution < 1.29 is 0 Å². The summed E-state index contributed by atoms with van der Waals surface area (Å²) in [5.74, 6) is 0.332. The fourth-order valence-corrected chi connectivity index (χ4v) is 3.48. The van der Waals surface area contributed by atoms with E-state index in [0.717, 1.165) is 28.6 Å². The Labute approximate surface area is 127 Å². The van der Waals surface area contributed by atoms with Gasteiger partial charge in [-0.15, -0.1) is 11.3 Å². The van der Waals surface area contributed by atoms with E-state index in [2.05, 4.69) is 27.0 Å². The van der Waals surface area contributed by atoms with Crippen molar-refractivity contribution in [1.82, 2.24) is 14.7 Å². The van der Waals surface area contributed by atoms with Crippen molar-refractivity contribution in [2.75, 3.05) is 13.6 Å². The molecule has 0 spiro atoms. The predicted octanol–water partition coefficient (Wildman–Crippen LogP) is 3.59. The zero-order valence-electron chi connectivity index (χ0n) is 11.2. The number of nitrogens with zero attached hydrogens (tertiary/aromatic N) is 2. The van der Waals surface area contributed by atoms with E-state index in [9.17, 15) is 0 Å². The highest BCUT2D eigenvalue weighted by molar-refractivity contribution is 7.15. The van der Waals surface area contributed by atoms with Crippen LogP contribution < -0.4 is 5.32 Å². The van der Waals surface area contributed by atoms with E-state index in [1.165, 1.54) is 5.56 Å². The van der Waals surface area contributed by atoms with E-state index in [1.54, 1.807) is 11.3 Å². The normalized spacial score (nSPS) is 12.9. The van der Waals surface area contributed by atoms with E-state index in [0.29, 0.717) is 5.92 Å². The molecule has 0 radical (unpaired) electrons. The van der Waals surface area contributed by atoms with Gasteiger partial charge in [0.1, 0.15) is 0 Å². The third-order valence-electron chi connectivity index (χ3n) is 3.39. The molecule has 5 heteroatoms. The first-order chi connectivity index (χ1) is 9.78. The number of rotatable bonds is 5. The van der Waals surface area contributed by atoms with Crippen LogP contribution in [0.4, 0.5) is 0 Å². The Bertz CT molecular complexity index is 675. The number of thiazole rings is 1. The quantitative estimate of drug-likeness (QED) is 0.780. The van der Waals surface area contributed by atoms with Crippen molar-refractivity contribution in [3.8, 4) is 0 Å². The molecule has 1 unspecified atom stereocenters.